The molecule has 1 saturated heterocycles. The van der Waals surface area contributed by atoms with Crippen molar-refractivity contribution < 1.29 is 14.3 Å². The number of benzene rings is 1. The summed E-state index contributed by atoms with van der Waals surface area (Å²) in [6.07, 6.45) is 2.39. The Morgan fingerprint density at radius 1 is 1.25 bits per heavy atom. The molecule has 1 amide bonds. The van der Waals surface area contributed by atoms with Crippen LogP contribution >= 0.6 is 0 Å². The topological polar surface area (TPSA) is 62.8 Å². The standard InChI is InChI=1S/C18H27N3O3/c1-2-21(12-14-5-7-19-8-6-14)13-18(22)20-15-3-4-16-17(11-15)24-10-9-23-16/h3-4,11,14,19H,2,5-10,12-13H2,1H3,(H,20,22). The molecule has 3 rings (SSSR count). The highest BCUT2D eigenvalue weighted by Crippen LogP contribution is 2.32. The van der Waals surface area contributed by atoms with Crippen LogP contribution in [0.4, 0.5) is 5.69 Å². The van der Waals surface area contributed by atoms with E-state index in [9.17, 15) is 4.79 Å². The van der Waals surface area contributed by atoms with E-state index in [-0.39, 0.29) is 5.91 Å². The van der Waals surface area contributed by atoms with E-state index in [0.29, 0.717) is 31.4 Å². The maximum atomic E-state index is 12.4. The second kappa shape index (κ2) is 8.35. The summed E-state index contributed by atoms with van der Waals surface area (Å²) in [7, 11) is 0. The number of nitrogens with zero attached hydrogens (tertiary/aromatic N) is 1. The molecule has 24 heavy (non-hydrogen) atoms. The van der Waals surface area contributed by atoms with Crippen LogP contribution in [0.5, 0.6) is 11.5 Å². The minimum absolute atomic E-state index is 0.0162. The first-order valence-corrected chi connectivity index (χ1v) is 8.87. The van der Waals surface area contributed by atoms with Gasteiger partial charge < -0.3 is 20.1 Å². The molecule has 0 atom stereocenters. The van der Waals surface area contributed by atoms with Gasteiger partial charge in [-0.1, -0.05) is 6.92 Å². The molecule has 0 saturated carbocycles. The Kier molecular flexibility index (Phi) is 5.93. The van der Waals surface area contributed by atoms with E-state index in [1.807, 2.05) is 18.2 Å². The first-order chi connectivity index (χ1) is 11.7. The van der Waals surface area contributed by atoms with Crippen molar-refractivity contribution in [3.05, 3.63) is 18.2 Å². The second-order valence-corrected chi connectivity index (χ2v) is 6.43. The molecule has 6 nitrogen and oxygen atoms in total. The van der Waals surface area contributed by atoms with E-state index in [4.69, 9.17) is 9.47 Å². The van der Waals surface area contributed by atoms with Crippen LogP contribution in [0.3, 0.4) is 0 Å². The van der Waals surface area contributed by atoms with Crippen LogP contribution in [0, 0.1) is 5.92 Å². The molecule has 132 valence electrons. The summed E-state index contributed by atoms with van der Waals surface area (Å²) in [6.45, 7) is 7.71. The number of amides is 1. The van der Waals surface area contributed by atoms with Crippen molar-refractivity contribution in [3.8, 4) is 11.5 Å². The first kappa shape index (κ1) is 17.0. The second-order valence-electron chi connectivity index (χ2n) is 6.43. The number of hydrogen-bond donors (Lipinski definition) is 2. The van der Waals surface area contributed by atoms with Crippen LogP contribution in [-0.4, -0.2) is 56.7 Å². The highest BCUT2D eigenvalue weighted by molar-refractivity contribution is 5.92. The Bertz CT molecular complexity index is 558. The van der Waals surface area contributed by atoms with Gasteiger partial charge in [0.25, 0.3) is 0 Å². The highest BCUT2D eigenvalue weighted by Gasteiger charge is 2.18. The predicted octanol–water partition coefficient (Wildman–Crippen LogP) is 1.72. The van der Waals surface area contributed by atoms with Crippen molar-refractivity contribution >= 4 is 11.6 Å². The lowest BCUT2D eigenvalue weighted by Crippen LogP contribution is -2.39. The Balaban J connectivity index is 1.52. The van der Waals surface area contributed by atoms with Crippen molar-refractivity contribution in [3.63, 3.8) is 0 Å². The maximum absolute atomic E-state index is 12.4. The molecule has 2 aliphatic rings. The van der Waals surface area contributed by atoms with Crippen LogP contribution in [-0.2, 0) is 4.79 Å². The lowest BCUT2D eigenvalue weighted by molar-refractivity contribution is -0.117. The number of rotatable bonds is 6. The van der Waals surface area contributed by atoms with Crippen LogP contribution in [0.2, 0.25) is 0 Å². The van der Waals surface area contributed by atoms with E-state index in [1.54, 1.807) is 0 Å². The van der Waals surface area contributed by atoms with Gasteiger partial charge in [0, 0.05) is 18.3 Å². The van der Waals surface area contributed by atoms with Gasteiger partial charge in [-0.15, -0.1) is 0 Å². The third-order valence-corrected chi connectivity index (χ3v) is 4.62. The third kappa shape index (κ3) is 4.61. The molecule has 2 heterocycles. The van der Waals surface area contributed by atoms with Crippen molar-refractivity contribution in [1.29, 1.82) is 0 Å². The number of likely N-dealkylation sites (N-methyl/N-ethyl adjacent to an activating group) is 1. The Morgan fingerprint density at radius 3 is 2.75 bits per heavy atom. The Hall–Kier alpha value is -1.79. The average molecular weight is 333 g/mol. The van der Waals surface area contributed by atoms with Crippen LogP contribution in [0.1, 0.15) is 19.8 Å². The summed E-state index contributed by atoms with van der Waals surface area (Å²) >= 11 is 0. The quantitative estimate of drug-likeness (QED) is 0.830. The molecule has 6 heteroatoms. The predicted molar refractivity (Wildman–Crippen MR) is 93.8 cm³/mol. The van der Waals surface area contributed by atoms with E-state index < -0.39 is 0 Å². The number of hydrogen-bond acceptors (Lipinski definition) is 5. The lowest BCUT2D eigenvalue weighted by atomic mass is 9.97. The number of carbonyl (C=O) groups excluding carboxylic acids is 1. The van der Waals surface area contributed by atoms with Gasteiger partial charge in [-0.2, -0.15) is 0 Å². The fourth-order valence-corrected chi connectivity index (χ4v) is 3.26. The fraction of sp³-hybridized carbons (Fsp3) is 0.611. The third-order valence-electron chi connectivity index (χ3n) is 4.62. The molecule has 0 radical (unpaired) electrons. The number of carbonyl (C=O) groups is 1. The van der Waals surface area contributed by atoms with E-state index in [0.717, 1.165) is 37.6 Å². The van der Waals surface area contributed by atoms with Crippen molar-refractivity contribution in [1.82, 2.24) is 10.2 Å². The molecule has 0 spiro atoms. The zero-order valence-electron chi connectivity index (χ0n) is 14.3. The van der Waals surface area contributed by atoms with E-state index in [2.05, 4.69) is 22.5 Å². The van der Waals surface area contributed by atoms with Gasteiger partial charge >= 0.3 is 0 Å². The molecular weight excluding hydrogens is 306 g/mol. The molecule has 0 aromatic heterocycles. The Morgan fingerprint density at radius 2 is 2.00 bits per heavy atom. The van der Waals surface area contributed by atoms with Crippen LogP contribution in [0.15, 0.2) is 18.2 Å². The molecule has 1 aromatic carbocycles. The summed E-state index contributed by atoms with van der Waals surface area (Å²) in [6, 6.07) is 5.53. The van der Waals surface area contributed by atoms with Gasteiger partial charge in [0.1, 0.15) is 13.2 Å². The zero-order valence-corrected chi connectivity index (χ0v) is 14.3. The number of fused-ring (bicyclic) bond motifs is 1. The van der Waals surface area contributed by atoms with Crippen LogP contribution in [0.25, 0.3) is 0 Å². The van der Waals surface area contributed by atoms with Crippen LogP contribution < -0.4 is 20.1 Å². The summed E-state index contributed by atoms with van der Waals surface area (Å²) in [5.74, 6) is 2.14. The maximum Gasteiger partial charge on any atom is 0.238 e. The minimum atomic E-state index is 0.0162. The molecule has 2 N–H and O–H groups in total. The van der Waals surface area contributed by atoms with Gasteiger partial charge in [0.05, 0.1) is 6.54 Å². The fourth-order valence-electron chi connectivity index (χ4n) is 3.26. The van der Waals surface area contributed by atoms with Gasteiger partial charge in [0.15, 0.2) is 11.5 Å². The molecular formula is C18H27N3O3. The number of piperidine rings is 1. The van der Waals surface area contributed by atoms with Gasteiger partial charge in [0.2, 0.25) is 5.91 Å². The minimum Gasteiger partial charge on any atom is -0.486 e. The van der Waals surface area contributed by atoms with Crippen molar-refractivity contribution in [2.24, 2.45) is 5.92 Å². The number of ether oxygens (including phenoxy) is 2. The summed E-state index contributed by atoms with van der Waals surface area (Å²) in [5.41, 5.74) is 0.752. The van der Waals surface area contributed by atoms with E-state index >= 15 is 0 Å². The highest BCUT2D eigenvalue weighted by atomic mass is 16.6. The smallest absolute Gasteiger partial charge is 0.238 e. The zero-order chi connectivity index (χ0) is 16.8. The normalized spacial score (nSPS) is 17.8. The Labute approximate surface area is 143 Å². The van der Waals surface area contributed by atoms with Gasteiger partial charge in [-0.05, 0) is 50.5 Å². The summed E-state index contributed by atoms with van der Waals surface area (Å²) < 4.78 is 11.1. The summed E-state index contributed by atoms with van der Waals surface area (Å²) in [5, 5.41) is 6.35. The molecule has 1 fully saturated rings. The molecule has 0 unspecified atom stereocenters. The summed E-state index contributed by atoms with van der Waals surface area (Å²) in [4.78, 5) is 14.6. The van der Waals surface area contributed by atoms with Crippen molar-refractivity contribution in [2.45, 2.75) is 19.8 Å². The molecule has 2 aliphatic heterocycles. The SMILES string of the molecule is CCN(CC(=O)Nc1ccc2c(c1)OCCO2)CC1CCNCC1. The van der Waals surface area contributed by atoms with Gasteiger partial charge in [-0.25, -0.2) is 0 Å². The molecule has 1 aromatic rings. The molecule has 0 bridgehead atoms. The monoisotopic (exact) mass is 333 g/mol. The lowest BCUT2D eigenvalue weighted by Gasteiger charge is -2.29. The van der Waals surface area contributed by atoms with E-state index in [1.165, 1.54) is 12.8 Å². The van der Waals surface area contributed by atoms with Crippen molar-refractivity contribution in [2.75, 3.05) is 51.3 Å². The number of anilines is 1. The number of nitrogens with one attached hydrogen (secondary N) is 2. The van der Waals surface area contributed by atoms with Gasteiger partial charge in [-0.3, -0.25) is 9.69 Å². The first-order valence-electron chi connectivity index (χ1n) is 8.87. The molecule has 0 aliphatic carbocycles. The largest absolute Gasteiger partial charge is 0.486 e. The average Bonchev–Trinajstić information content (AvgIpc) is 2.62.